The van der Waals surface area contributed by atoms with E-state index in [0.29, 0.717) is 17.3 Å². The summed E-state index contributed by atoms with van der Waals surface area (Å²) in [5, 5.41) is 0. The molecule has 0 radical (unpaired) electrons. The van der Waals surface area contributed by atoms with Gasteiger partial charge in [0.1, 0.15) is 0 Å². The van der Waals surface area contributed by atoms with Crippen LogP contribution in [0.2, 0.25) is 0 Å². The van der Waals surface area contributed by atoms with Crippen LogP contribution < -0.4 is 10.5 Å². The van der Waals surface area contributed by atoms with Crippen LogP contribution in [0, 0.1) is 13.8 Å². The first-order valence-corrected chi connectivity index (χ1v) is 6.01. The molecule has 1 heterocycles. The summed E-state index contributed by atoms with van der Waals surface area (Å²) in [6.45, 7) is 3.94. The topological polar surface area (TPSA) is 48.1 Å². The maximum atomic E-state index is 5.93. The summed E-state index contributed by atoms with van der Waals surface area (Å²) in [7, 11) is 0. The van der Waals surface area contributed by atoms with Crippen LogP contribution in [0.25, 0.3) is 0 Å². The molecule has 2 rings (SSSR count). The van der Waals surface area contributed by atoms with Crippen LogP contribution in [0.1, 0.15) is 11.1 Å². The zero-order valence-corrected chi connectivity index (χ0v) is 11.3. The zero-order valence-electron chi connectivity index (χ0n) is 9.70. The van der Waals surface area contributed by atoms with E-state index in [-0.39, 0.29) is 0 Å². The number of nitrogen functional groups attached to an aromatic ring is 1. The van der Waals surface area contributed by atoms with Crippen molar-refractivity contribution in [3.8, 4) is 11.6 Å². The second-order valence-corrected chi connectivity index (χ2v) is 4.83. The Kier molecular flexibility index (Phi) is 3.33. The first-order valence-electron chi connectivity index (χ1n) is 5.22. The molecule has 0 saturated heterocycles. The van der Waals surface area contributed by atoms with Crippen LogP contribution >= 0.6 is 15.9 Å². The Morgan fingerprint density at radius 2 is 2.00 bits per heavy atom. The third-order valence-electron chi connectivity index (χ3n) is 2.37. The first kappa shape index (κ1) is 11.9. The normalized spacial score (nSPS) is 10.3. The van der Waals surface area contributed by atoms with Crippen LogP contribution in [0.15, 0.2) is 34.9 Å². The predicted molar refractivity (Wildman–Crippen MR) is 72.3 cm³/mol. The van der Waals surface area contributed by atoms with Crippen molar-refractivity contribution in [1.82, 2.24) is 4.98 Å². The van der Waals surface area contributed by atoms with Crippen LogP contribution in [-0.4, -0.2) is 4.98 Å². The number of aromatic nitrogens is 1. The van der Waals surface area contributed by atoms with Gasteiger partial charge in [0.15, 0.2) is 5.75 Å². The maximum Gasteiger partial charge on any atom is 0.219 e. The van der Waals surface area contributed by atoms with Gasteiger partial charge in [-0.05, 0) is 43.2 Å². The van der Waals surface area contributed by atoms with Gasteiger partial charge in [-0.15, -0.1) is 0 Å². The van der Waals surface area contributed by atoms with E-state index in [2.05, 4.69) is 20.9 Å². The number of benzene rings is 1. The van der Waals surface area contributed by atoms with Gasteiger partial charge in [0, 0.05) is 16.7 Å². The molecule has 0 fully saturated rings. The fourth-order valence-electron chi connectivity index (χ4n) is 1.56. The molecule has 0 unspecified atom stereocenters. The molecule has 0 saturated carbocycles. The Bertz CT molecular complexity index is 532. The third-order valence-corrected chi connectivity index (χ3v) is 2.82. The minimum absolute atomic E-state index is 0.558. The highest BCUT2D eigenvalue weighted by Gasteiger charge is 2.08. The average molecular weight is 293 g/mol. The van der Waals surface area contributed by atoms with E-state index in [1.54, 1.807) is 6.20 Å². The fourth-order valence-corrected chi connectivity index (χ4v) is 2.15. The Labute approximate surface area is 109 Å². The van der Waals surface area contributed by atoms with Gasteiger partial charge in [-0.2, -0.15) is 0 Å². The number of aryl methyl sites for hydroxylation is 2. The van der Waals surface area contributed by atoms with Crippen LogP contribution in [-0.2, 0) is 0 Å². The van der Waals surface area contributed by atoms with E-state index in [1.807, 2.05) is 38.1 Å². The van der Waals surface area contributed by atoms with Gasteiger partial charge in [-0.25, -0.2) is 4.98 Å². The monoisotopic (exact) mass is 292 g/mol. The summed E-state index contributed by atoms with van der Waals surface area (Å²) in [5.41, 5.74) is 8.60. The van der Waals surface area contributed by atoms with Gasteiger partial charge in [-0.1, -0.05) is 15.9 Å². The number of pyridine rings is 1. The first-order chi connectivity index (χ1) is 8.06. The Balaban J connectivity index is 2.36. The van der Waals surface area contributed by atoms with E-state index >= 15 is 0 Å². The number of ether oxygens (including phenoxy) is 1. The molecule has 0 bridgehead atoms. The van der Waals surface area contributed by atoms with Crippen molar-refractivity contribution in [1.29, 1.82) is 0 Å². The standard InChI is InChI=1S/C13H13BrN2O/c1-8-3-4-16-12(5-8)17-13-9(2)6-10(14)7-11(13)15/h3-7H,15H2,1-2H3. The molecular formula is C13H13BrN2O. The highest BCUT2D eigenvalue weighted by Crippen LogP contribution is 2.33. The lowest BCUT2D eigenvalue weighted by atomic mass is 10.2. The van der Waals surface area contributed by atoms with Crippen molar-refractivity contribution < 1.29 is 4.74 Å². The van der Waals surface area contributed by atoms with Gasteiger partial charge < -0.3 is 10.5 Å². The van der Waals surface area contributed by atoms with Crippen molar-refractivity contribution in [2.24, 2.45) is 0 Å². The number of hydrogen-bond donors (Lipinski definition) is 1. The summed E-state index contributed by atoms with van der Waals surface area (Å²) in [4.78, 5) is 4.15. The molecule has 1 aromatic carbocycles. The Hall–Kier alpha value is -1.55. The van der Waals surface area contributed by atoms with E-state index < -0.39 is 0 Å². The number of anilines is 1. The SMILES string of the molecule is Cc1ccnc(Oc2c(C)cc(Br)cc2N)c1. The molecule has 4 heteroatoms. The maximum absolute atomic E-state index is 5.93. The molecule has 0 aliphatic rings. The van der Waals surface area contributed by atoms with Crippen LogP contribution in [0.3, 0.4) is 0 Å². The van der Waals surface area contributed by atoms with E-state index in [4.69, 9.17) is 10.5 Å². The zero-order chi connectivity index (χ0) is 12.4. The minimum atomic E-state index is 0.558. The number of rotatable bonds is 2. The summed E-state index contributed by atoms with van der Waals surface area (Å²) in [6.07, 6.45) is 1.72. The van der Waals surface area contributed by atoms with E-state index in [0.717, 1.165) is 15.6 Å². The molecule has 2 N–H and O–H groups in total. The van der Waals surface area contributed by atoms with Crippen molar-refractivity contribution in [2.75, 3.05) is 5.73 Å². The number of nitrogens with two attached hydrogens (primary N) is 1. The van der Waals surface area contributed by atoms with Crippen molar-refractivity contribution >= 4 is 21.6 Å². The lowest BCUT2D eigenvalue weighted by molar-refractivity contribution is 0.461. The summed E-state index contributed by atoms with van der Waals surface area (Å²) >= 11 is 3.39. The number of nitrogens with zero attached hydrogens (tertiary/aromatic N) is 1. The van der Waals surface area contributed by atoms with Crippen LogP contribution in [0.4, 0.5) is 5.69 Å². The predicted octanol–water partition coefficient (Wildman–Crippen LogP) is 3.84. The second-order valence-electron chi connectivity index (χ2n) is 3.91. The molecule has 1 aromatic heterocycles. The van der Waals surface area contributed by atoms with Gasteiger partial charge >= 0.3 is 0 Å². The summed E-state index contributed by atoms with van der Waals surface area (Å²) in [5.74, 6) is 1.22. The third kappa shape index (κ3) is 2.77. The van der Waals surface area contributed by atoms with Gasteiger partial charge in [-0.3, -0.25) is 0 Å². The van der Waals surface area contributed by atoms with E-state index in [1.165, 1.54) is 0 Å². The molecule has 0 atom stereocenters. The molecule has 0 aliphatic heterocycles. The lowest BCUT2D eigenvalue weighted by Gasteiger charge is -2.11. The Morgan fingerprint density at radius 3 is 2.65 bits per heavy atom. The van der Waals surface area contributed by atoms with E-state index in [9.17, 15) is 0 Å². The molecule has 0 aliphatic carbocycles. The number of hydrogen-bond acceptors (Lipinski definition) is 3. The largest absolute Gasteiger partial charge is 0.437 e. The highest BCUT2D eigenvalue weighted by molar-refractivity contribution is 9.10. The molecule has 0 spiro atoms. The highest BCUT2D eigenvalue weighted by atomic mass is 79.9. The van der Waals surface area contributed by atoms with Gasteiger partial charge in [0.25, 0.3) is 0 Å². The average Bonchev–Trinajstić information content (AvgIpc) is 2.23. The molecule has 2 aromatic rings. The molecule has 88 valence electrons. The molecule has 17 heavy (non-hydrogen) atoms. The quantitative estimate of drug-likeness (QED) is 0.856. The lowest BCUT2D eigenvalue weighted by Crippen LogP contribution is -1.96. The van der Waals surface area contributed by atoms with Crippen molar-refractivity contribution in [3.63, 3.8) is 0 Å². The van der Waals surface area contributed by atoms with Crippen LogP contribution in [0.5, 0.6) is 11.6 Å². The Morgan fingerprint density at radius 1 is 1.24 bits per heavy atom. The minimum Gasteiger partial charge on any atom is -0.437 e. The fraction of sp³-hybridized carbons (Fsp3) is 0.154. The van der Waals surface area contributed by atoms with Gasteiger partial charge in [0.2, 0.25) is 5.88 Å². The molecule has 0 amide bonds. The summed E-state index contributed by atoms with van der Waals surface area (Å²) < 4.78 is 6.66. The number of halogens is 1. The smallest absolute Gasteiger partial charge is 0.219 e. The second kappa shape index (κ2) is 4.75. The molecule has 3 nitrogen and oxygen atoms in total. The summed E-state index contributed by atoms with van der Waals surface area (Å²) in [6, 6.07) is 7.57. The van der Waals surface area contributed by atoms with Gasteiger partial charge in [0.05, 0.1) is 5.69 Å². The van der Waals surface area contributed by atoms with Crippen molar-refractivity contribution in [2.45, 2.75) is 13.8 Å². The van der Waals surface area contributed by atoms with Crippen molar-refractivity contribution in [3.05, 3.63) is 46.1 Å². The molecular weight excluding hydrogens is 280 g/mol.